The molecule has 1 saturated heterocycles. The third kappa shape index (κ3) is 7.17. The summed E-state index contributed by atoms with van der Waals surface area (Å²) < 4.78 is 39.5. The quantitative estimate of drug-likeness (QED) is 0.511. The molecule has 1 aliphatic heterocycles. The average molecular weight is 410 g/mol. The van der Waals surface area contributed by atoms with Crippen molar-refractivity contribution in [3.63, 3.8) is 0 Å². The van der Waals surface area contributed by atoms with E-state index in [-0.39, 0.29) is 17.7 Å². The molecule has 0 radical (unpaired) electrons. The highest BCUT2D eigenvalue weighted by atomic mass is 32.2. The van der Waals surface area contributed by atoms with Crippen LogP contribution in [-0.2, 0) is 23.5 Å². The zero-order valence-corrected chi connectivity index (χ0v) is 19.4. The highest BCUT2D eigenvalue weighted by Crippen LogP contribution is 2.39. The van der Waals surface area contributed by atoms with Gasteiger partial charge < -0.3 is 14.1 Å². The maximum absolute atomic E-state index is 12.6. The van der Waals surface area contributed by atoms with E-state index >= 15 is 0 Å². The van der Waals surface area contributed by atoms with Gasteiger partial charge in [0, 0.05) is 6.54 Å². The zero-order chi connectivity index (χ0) is 20.6. The van der Waals surface area contributed by atoms with Crippen molar-refractivity contribution in [1.82, 2.24) is 4.90 Å². The Kier molecular flexibility index (Phi) is 6.99. The van der Waals surface area contributed by atoms with E-state index in [0.717, 1.165) is 6.26 Å². The van der Waals surface area contributed by atoms with Crippen LogP contribution in [0, 0.1) is 0 Å². The van der Waals surface area contributed by atoms with Crippen LogP contribution < -0.4 is 0 Å². The number of ether oxygens (including phenoxy) is 1. The van der Waals surface area contributed by atoms with Crippen molar-refractivity contribution < 1.29 is 26.6 Å². The molecule has 0 N–H and O–H groups in total. The predicted octanol–water partition coefficient (Wildman–Crippen LogP) is 3.36. The summed E-state index contributed by atoms with van der Waals surface area (Å²) in [4.78, 5) is 14.1. The van der Waals surface area contributed by atoms with Crippen LogP contribution in [0.3, 0.4) is 0 Å². The number of amides is 1. The molecule has 9 heteroatoms. The van der Waals surface area contributed by atoms with Crippen LogP contribution >= 0.6 is 0 Å². The van der Waals surface area contributed by atoms with Gasteiger partial charge in [-0.1, -0.05) is 20.8 Å². The first-order valence-electron chi connectivity index (χ1n) is 8.93. The molecule has 1 rings (SSSR count). The summed E-state index contributed by atoms with van der Waals surface area (Å²) in [6.07, 6.45) is 0.905. The van der Waals surface area contributed by atoms with Gasteiger partial charge in [-0.25, -0.2) is 4.79 Å². The smallest absolute Gasteiger partial charge is 0.410 e. The lowest BCUT2D eigenvalue weighted by Gasteiger charge is -2.38. The summed E-state index contributed by atoms with van der Waals surface area (Å²) in [5, 5.41) is 0.0467. The number of hydrogen-bond donors (Lipinski definition) is 0. The van der Waals surface area contributed by atoms with E-state index < -0.39 is 36.2 Å². The summed E-state index contributed by atoms with van der Waals surface area (Å²) in [7, 11) is -5.59. The van der Waals surface area contributed by atoms with Crippen molar-refractivity contribution in [2.24, 2.45) is 0 Å². The Morgan fingerprint density at radius 3 is 2.12 bits per heavy atom. The Balaban J connectivity index is 2.92. The third-order valence-corrected chi connectivity index (χ3v) is 9.85. The maximum atomic E-state index is 12.6. The minimum Gasteiger partial charge on any atom is -0.444 e. The predicted molar refractivity (Wildman–Crippen MR) is 104 cm³/mol. The Morgan fingerprint density at radius 1 is 1.15 bits per heavy atom. The van der Waals surface area contributed by atoms with Crippen LogP contribution in [0.25, 0.3) is 0 Å². The van der Waals surface area contributed by atoms with Crippen molar-refractivity contribution in [1.29, 1.82) is 0 Å². The molecule has 0 saturated carbocycles. The fourth-order valence-corrected chi connectivity index (χ4v) is 4.22. The van der Waals surface area contributed by atoms with Gasteiger partial charge in [-0.05, 0) is 45.3 Å². The van der Waals surface area contributed by atoms with E-state index in [2.05, 4.69) is 33.9 Å². The van der Waals surface area contributed by atoms with Gasteiger partial charge in [0.25, 0.3) is 10.1 Å². The Labute approximate surface area is 159 Å². The van der Waals surface area contributed by atoms with E-state index in [1.165, 1.54) is 4.90 Å². The largest absolute Gasteiger partial charge is 0.444 e. The maximum Gasteiger partial charge on any atom is 0.410 e. The van der Waals surface area contributed by atoms with Crippen LogP contribution in [0.5, 0.6) is 0 Å². The van der Waals surface area contributed by atoms with E-state index in [4.69, 9.17) is 13.3 Å². The number of carbonyl (C=O) groups is 1. The fraction of sp³-hybridized carbons (Fsp3) is 0.941. The van der Waals surface area contributed by atoms with Crippen molar-refractivity contribution in [2.75, 3.05) is 19.4 Å². The standard InChI is InChI=1S/C17H35NO6SSi/c1-16(2,3)23-15(19)18-11-14(24-26(8,9)17(4,5)6)10-13(18)12-22-25(7,20)21/h13-14H,10-12H2,1-9H3/t13-,14-/m1/s1. The Morgan fingerprint density at radius 2 is 1.69 bits per heavy atom. The first-order chi connectivity index (χ1) is 11.4. The molecule has 1 aliphatic rings. The number of likely N-dealkylation sites (tertiary alicyclic amines) is 1. The summed E-state index contributed by atoms with van der Waals surface area (Å²) >= 11 is 0. The Hall–Kier alpha value is -0.643. The molecule has 2 atom stereocenters. The van der Waals surface area contributed by atoms with E-state index in [1.807, 2.05) is 0 Å². The van der Waals surface area contributed by atoms with Crippen molar-refractivity contribution >= 4 is 24.5 Å². The van der Waals surface area contributed by atoms with Crippen LogP contribution in [0.2, 0.25) is 18.1 Å². The summed E-state index contributed by atoms with van der Waals surface area (Å²) in [6, 6.07) is -0.394. The summed E-state index contributed by atoms with van der Waals surface area (Å²) in [5.74, 6) is 0. The summed E-state index contributed by atoms with van der Waals surface area (Å²) in [5.41, 5.74) is -0.627. The first kappa shape index (κ1) is 23.4. The highest BCUT2D eigenvalue weighted by molar-refractivity contribution is 7.85. The molecular weight excluding hydrogens is 374 g/mol. The van der Waals surface area contributed by atoms with Crippen molar-refractivity contribution in [3.05, 3.63) is 0 Å². The molecule has 0 unspecified atom stereocenters. The number of hydrogen-bond acceptors (Lipinski definition) is 6. The minimum atomic E-state index is -3.58. The van der Waals surface area contributed by atoms with E-state index in [9.17, 15) is 13.2 Å². The zero-order valence-electron chi connectivity index (χ0n) is 17.6. The van der Waals surface area contributed by atoms with Gasteiger partial charge in [0.15, 0.2) is 8.32 Å². The molecule has 0 aromatic heterocycles. The SMILES string of the molecule is CC(C)(C)OC(=O)N1C[C@H](O[Si](C)(C)C(C)(C)C)C[C@@H]1COS(C)(=O)=O. The molecule has 7 nitrogen and oxygen atoms in total. The second-order valence-corrected chi connectivity index (χ2v) is 15.9. The van der Waals surface area contributed by atoms with Gasteiger partial charge in [-0.2, -0.15) is 8.42 Å². The average Bonchev–Trinajstić information content (AvgIpc) is 2.74. The molecule has 26 heavy (non-hydrogen) atoms. The van der Waals surface area contributed by atoms with Crippen LogP contribution in [-0.4, -0.2) is 64.9 Å². The van der Waals surface area contributed by atoms with Gasteiger partial charge >= 0.3 is 6.09 Å². The normalized spacial score (nSPS) is 22.6. The van der Waals surface area contributed by atoms with Crippen molar-refractivity contribution in [3.8, 4) is 0 Å². The molecule has 0 aromatic rings. The molecule has 0 spiro atoms. The fourth-order valence-electron chi connectivity index (χ4n) is 2.46. The van der Waals surface area contributed by atoms with Crippen LogP contribution in [0.1, 0.15) is 48.0 Å². The molecule has 1 heterocycles. The first-order valence-corrected chi connectivity index (χ1v) is 13.7. The Bertz CT molecular complexity index is 606. The van der Waals surface area contributed by atoms with Crippen LogP contribution in [0.4, 0.5) is 4.79 Å². The molecule has 0 bridgehead atoms. The minimum absolute atomic E-state index is 0.0467. The van der Waals surface area contributed by atoms with Gasteiger partial charge in [0.1, 0.15) is 5.60 Å². The van der Waals surface area contributed by atoms with Gasteiger partial charge in [0.2, 0.25) is 0 Å². The topological polar surface area (TPSA) is 82.1 Å². The van der Waals surface area contributed by atoms with Gasteiger partial charge in [-0.15, -0.1) is 0 Å². The van der Waals surface area contributed by atoms with Crippen molar-refractivity contribution in [2.45, 2.75) is 83.8 Å². The van der Waals surface area contributed by atoms with Gasteiger partial charge in [-0.3, -0.25) is 4.18 Å². The molecule has 0 aromatic carbocycles. The lowest BCUT2D eigenvalue weighted by atomic mass is 10.2. The molecule has 154 valence electrons. The lowest BCUT2D eigenvalue weighted by molar-refractivity contribution is 0.0176. The number of nitrogens with zero attached hydrogens (tertiary/aromatic N) is 1. The second kappa shape index (κ2) is 7.77. The van der Waals surface area contributed by atoms with E-state index in [0.29, 0.717) is 13.0 Å². The van der Waals surface area contributed by atoms with Gasteiger partial charge in [0.05, 0.1) is 25.0 Å². The van der Waals surface area contributed by atoms with Crippen LogP contribution in [0.15, 0.2) is 0 Å². The number of rotatable bonds is 5. The third-order valence-electron chi connectivity index (χ3n) is 4.75. The number of carbonyl (C=O) groups excluding carboxylic acids is 1. The molecule has 1 fully saturated rings. The molecular formula is C17H35NO6SSi. The molecule has 0 aliphatic carbocycles. The lowest BCUT2D eigenvalue weighted by Crippen LogP contribution is -2.45. The monoisotopic (exact) mass is 409 g/mol. The second-order valence-electron chi connectivity index (χ2n) is 9.51. The molecule has 1 amide bonds. The summed E-state index contributed by atoms with van der Waals surface area (Å²) in [6.45, 7) is 16.5. The highest BCUT2D eigenvalue weighted by Gasteiger charge is 2.44. The van der Waals surface area contributed by atoms with E-state index in [1.54, 1.807) is 20.8 Å².